The van der Waals surface area contributed by atoms with Gasteiger partial charge in [-0.05, 0) is 37.3 Å². The third-order valence-electron chi connectivity index (χ3n) is 3.91. The van der Waals surface area contributed by atoms with E-state index in [1.807, 2.05) is 0 Å². The monoisotopic (exact) mass is 398 g/mol. The lowest BCUT2D eigenvalue weighted by molar-refractivity contribution is -0.122. The summed E-state index contributed by atoms with van der Waals surface area (Å²) in [6, 6.07) is 10.4. The van der Waals surface area contributed by atoms with Crippen LogP contribution in [0.3, 0.4) is 0 Å². The Morgan fingerprint density at radius 3 is 2.77 bits per heavy atom. The lowest BCUT2D eigenvalue weighted by Gasteiger charge is -2.34. The van der Waals surface area contributed by atoms with Crippen molar-refractivity contribution in [2.75, 3.05) is 21.9 Å². The summed E-state index contributed by atoms with van der Waals surface area (Å²) in [6.07, 6.45) is -1.06. The fraction of sp³-hybridized carbons (Fsp3) is 0.235. The van der Waals surface area contributed by atoms with Crippen molar-refractivity contribution >= 4 is 38.9 Å². The maximum absolute atomic E-state index is 13.2. The second kappa shape index (κ2) is 7.13. The molecule has 0 spiro atoms. The van der Waals surface area contributed by atoms with Crippen LogP contribution in [-0.2, 0) is 14.8 Å². The molecule has 0 fully saturated rings. The van der Waals surface area contributed by atoms with Gasteiger partial charge in [0.1, 0.15) is 11.6 Å². The van der Waals surface area contributed by atoms with Crippen molar-refractivity contribution in [2.24, 2.45) is 0 Å². The Hall–Kier alpha value is -2.32. The number of sulfonamides is 1. The lowest BCUT2D eigenvalue weighted by atomic mass is 10.2. The molecule has 0 aliphatic carbocycles. The summed E-state index contributed by atoms with van der Waals surface area (Å²) < 4.78 is 44.9. The van der Waals surface area contributed by atoms with Crippen LogP contribution < -0.4 is 14.4 Å². The van der Waals surface area contributed by atoms with Crippen molar-refractivity contribution in [1.29, 1.82) is 0 Å². The molecule has 2 aromatic rings. The molecule has 6 nitrogen and oxygen atoms in total. The van der Waals surface area contributed by atoms with Crippen LogP contribution in [0.1, 0.15) is 6.92 Å². The predicted molar refractivity (Wildman–Crippen MR) is 97.7 cm³/mol. The summed E-state index contributed by atoms with van der Waals surface area (Å²) in [5.74, 6) is -0.970. The molecule has 0 saturated heterocycles. The van der Waals surface area contributed by atoms with Gasteiger partial charge in [-0.3, -0.25) is 9.10 Å². The number of carbonyl (C=O) groups excluding carboxylic acids is 1. The van der Waals surface area contributed by atoms with Crippen molar-refractivity contribution in [3.05, 3.63) is 53.3 Å². The van der Waals surface area contributed by atoms with Crippen LogP contribution in [0.2, 0.25) is 5.02 Å². The highest BCUT2D eigenvalue weighted by Gasteiger charge is 2.35. The van der Waals surface area contributed by atoms with Gasteiger partial charge < -0.3 is 10.1 Å². The molecule has 3 rings (SSSR count). The number of amides is 1. The third-order valence-corrected chi connectivity index (χ3v) is 5.95. The minimum absolute atomic E-state index is 0.108. The van der Waals surface area contributed by atoms with Crippen molar-refractivity contribution in [3.63, 3.8) is 0 Å². The van der Waals surface area contributed by atoms with Gasteiger partial charge >= 0.3 is 0 Å². The summed E-state index contributed by atoms with van der Waals surface area (Å²) in [7, 11) is -3.58. The molecule has 1 aliphatic rings. The second-order valence-electron chi connectivity index (χ2n) is 5.62. The number of halogens is 2. The zero-order chi connectivity index (χ0) is 18.9. The number of hydrogen-bond donors (Lipinski definition) is 1. The van der Waals surface area contributed by atoms with Crippen molar-refractivity contribution < 1.29 is 22.3 Å². The van der Waals surface area contributed by atoms with E-state index in [9.17, 15) is 17.6 Å². The van der Waals surface area contributed by atoms with E-state index in [2.05, 4.69) is 5.32 Å². The zero-order valence-corrected chi connectivity index (χ0v) is 15.3. The second-order valence-corrected chi connectivity index (χ2v) is 8.21. The van der Waals surface area contributed by atoms with Gasteiger partial charge in [0.2, 0.25) is 10.0 Å². The highest BCUT2D eigenvalue weighted by molar-refractivity contribution is 7.92. The fourth-order valence-electron chi connectivity index (χ4n) is 2.55. The van der Waals surface area contributed by atoms with Gasteiger partial charge in [0.05, 0.1) is 23.0 Å². The van der Waals surface area contributed by atoms with Crippen molar-refractivity contribution in [3.8, 4) is 5.75 Å². The Kier molecular flexibility index (Phi) is 5.06. The molecule has 1 atom stereocenters. The van der Waals surface area contributed by atoms with E-state index < -0.39 is 27.9 Å². The van der Waals surface area contributed by atoms with Gasteiger partial charge in [-0.1, -0.05) is 23.7 Å². The molecule has 2 aromatic carbocycles. The highest BCUT2D eigenvalue weighted by atomic mass is 35.5. The summed E-state index contributed by atoms with van der Waals surface area (Å²) in [4.78, 5) is 12.5. The molecule has 1 heterocycles. The molecule has 1 aliphatic heterocycles. The Labute approximate surface area is 155 Å². The Balaban J connectivity index is 1.87. The first-order valence-electron chi connectivity index (χ1n) is 7.84. The summed E-state index contributed by atoms with van der Waals surface area (Å²) in [6.45, 7) is 1.37. The summed E-state index contributed by atoms with van der Waals surface area (Å²) >= 11 is 5.71. The molecule has 26 heavy (non-hydrogen) atoms. The number of hydrogen-bond acceptors (Lipinski definition) is 4. The summed E-state index contributed by atoms with van der Waals surface area (Å²) in [5.41, 5.74) is 0.678. The zero-order valence-electron chi connectivity index (χ0n) is 13.8. The van der Waals surface area contributed by atoms with E-state index in [0.717, 1.165) is 6.07 Å². The molecule has 9 heteroatoms. The fourth-order valence-corrected chi connectivity index (χ4v) is 3.86. The van der Waals surface area contributed by atoms with Gasteiger partial charge in [0.25, 0.3) is 5.91 Å². The van der Waals surface area contributed by atoms with E-state index in [4.69, 9.17) is 16.3 Å². The molecule has 0 radical (unpaired) electrons. The van der Waals surface area contributed by atoms with Gasteiger partial charge in [0, 0.05) is 5.69 Å². The van der Waals surface area contributed by atoms with Crippen molar-refractivity contribution in [1.82, 2.24) is 0 Å². The number of benzene rings is 2. The average Bonchev–Trinajstić information content (AvgIpc) is 2.63. The van der Waals surface area contributed by atoms with Gasteiger partial charge in [0.15, 0.2) is 6.10 Å². The van der Waals surface area contributed by atoms with E-state index >= 15 is 0 Å². The first-order chi connectivity index (χ1) is 12.3. The van der Waals surface area contributed by atoms with Crippen molar-refractivity contribution in [2.45, 2.75) is 13.0 Å². The molecule has 0 bridgehead atoms. The molecular weight excluding hydrogens is 383 g/mol. The van der Waals surface area contributed by atoms with Crippen LogP contribution in [0.15, 0.2) is 42.5 Å². The van der Waals surface area contributed by atoms with Crippen LogP contribution in [0, 0.1) is 5.82 Å². The SMILES string of the molecule is CCS(=O)(=O)N1C[C@@H](C(=O)Nc2ccc(F)c(Cl)c2)Oc2ccccc21. The third kappa shape index (κ3) is 3.61. The number of para-hydroxylation sites is 2. The number of rotatable bonds is 4. The number of fused-ring (bicyclic) bond motifs is 1. The maximum atomic E-state index is 13.2. The minimum atomic E-state index is -3.58. The van der Waals surface area contributed by atoms with E-state index in [0.29, 0.717) is 11.4 Å². The van der Waals surface area contributed by atoms with Crippen LogP contribution >= 0.6 is 11.6 Å². The van der Waals surface area contributed by atoms with Crippen LogP contribution in [-0.4, -0.2) is 32.7 Å². The topological polar surface area (TPSA) is 75.7 Å². The minimum Gasteiger partial charge on any atom is -0.476 e. The maximum Gasteiger partial charge on any atom is 0.267 e. The molecule has 1 N–H and O–H groups in total. The van der Waals surface area contributed by atoms with Crippen LogP contribution in [0.25, 0.3) is 0 Å². The average molecular weight is 399 g/mol. The number of nitrogens with zero attached hydrogens (tertiary/aromatic N) is 1. The van der Waals surface area contributed by atoms with Gasteiger partial charge in [-0.2, -0.15) is 0 Å². The smallest absolute Gasteiger partial charge is 0.267 e. The largest absolute Gasteiger partial charge is 0.476 e. The molecule has 0 aromatic heterocycles. The number of carbonyl (C=O) groups is 1. The number of ether oxygens (including phenoxy) is 1. The van der Waals surface area contributed by atoms with E-state index in [1.165, 1.54) is 23.4 Å². The Morgan fingerprint density at radius 2 is 2.08 bits per heavy atom. The molecular formula is C17H16ClFN2O4S. The molecule has 0 saturated carbocycles. The van der Waals surface area contributed by atoms with E-state index in [1.54, 1.807) is 24.3 Å². The van der Waals surface area contributed by atoms with E-state index in [-0.39, 0.29) is 23.0 Å². The highest BCUT2D eigenvalue weighted by Crippen LogP contribution is 2.35. The normalized spacial score (nSPS) is 16.6. The quantitative estimate of drug-likeness (QED) is 0.858. The first-order valence-corrected chi connectivity index (χ1v) is 9.82. The molecule has 138 valence electrons. The van der Waals surface area contributed by atoms with Gasteiger partial charge in [-0.25, -0.2) is 12.8 Å². The Morgan fingerprint density at radius 1 is 1.35 bits per heavy atom. The first kappa shape index (κ1) is 18.5. The van der Waals surface area contributed by atoms with Crippen LogP contribution in [0.4, 0.5) is 15.8 Å². The van der Waals surface area contributed by atoms with Gasteiger partial charge in [-0.15, -0.1) is 0 Å². The summed E-state index contributed by atoms with van der Waals surface area (Å²) in [5, 5.41) is 2.43. The van der Waals surface area contributed by atoms with Crippen LogP contribution in [0.5, 0.6) is 5.75 Å². The predicted octanol–water partition coefficient (Wildman–Crippen LogP) is 3.03. The molecule has 1 amide bonds. The number of anilines is 2. The number of nitrogens with one attached hydrogen (secondary N) is 1. The standard InChI is InChI=1S/C17H16ClFN2O4S/c1-2-26(23,24)21-10-16(25-15-6-4-3-5-14(15)21)17(22)20-11-7-8-13(19)12(18)9-11/h3-9,16H,2,10H2,1H3,(H,20,22)/t16-/m0/s1. The molecule has 0 unspecified atom stereocenters. The Bertz CT molecular complexity index is 952. The lowest BCUT2D eigenvalue weighted by Crippen LogP contribution is -2.49.